The first kappa shape index (κ1) is 35.1. The Hall–Kier alpha value is -5.90. The first-order valence-corrected chi connectivity index (χ1v) is 17.9. The van der Waals surface area contributed by atoms with E-state index in [4.69, 9.17) is 9.72 Å². The molecule has 2 aliphatic heterocycles. The number of anilines is 5. The van der Waals surface area contributed by atoms with E-state index in [0.29, 0.717) is 11.5 Å². The van der Waals surface area contributed by atoms with E-state index < -0.39 is 0 Å². The van der Waals surface area contributed by atoms with E-state index in [0.717, 1.165) is 61.9 Å². The standard InChI is InChI=1S/C48H37N4O.Pt/c1-48(2,3)36-22-19-34(20-23-36)35-21-25-43-41-16-7-8-17-42(41)44-26-24-40(32-46(44)52(45(43)30-35)47-18-9-10-27-49-47)53-39-15-11-14-38(31-39)51-29-28-50(33-51)37-12-5-4-6-13-37;/h4-30,33H,1-3H3;/q-3;. The summed E-state index contributed by atoms with van der Waals surface area (Å²) in [6.45, 7) is 8.77. The maximum absolute atomic E-state index is 6.55. The van der Waals surface area contributed by atoms with Crippen molar-refractivity contribution in [2.75, 3.05) is 14.7 Å². The Labute approximate surface area is 332 Å². The largest absolute Gasteiger partial charge is 0.509 e. The molecule has 0 fully saturated rings. The summed E-state index contributed by atoms with van der Waals surface area (Å²) in [6.07, 6.45) is 5.89. The summed E-state index contributed by atoms with van der Waals surface area (Å²) in [7, 11) is 0. The van der Waals surface area contributed by atoms with Gasteiger partial charge in [-0.2, -0.15) is 12.1 Å². The van der Waals surface area contributed by atoms with Crippen molar-refractivity contribution < 1.29 is 25.8 Å². The molecular formula is C48H37N4OPt-3. The Kier molecular flexibility index (Phi) is 9.43. The van der Waals surface area contributed by atoms with Crippen LogP contribution >= 0.6 is 0 Å². The Morgan fingerprint density at radius 2 is 1.28 bits per heavy atom. The topological polar surface area (TPSA) is 31.8 Å². The van der Waals surface area contributed by atoms with Crippen LogP contribution in [0, 0.1) is 18.8 Å². The van der Waals surface area contributed by atoms with Gasteiger partial charge in [0, 0.05) is 50.0 Å². The van der Waals surface area contributed by atoms with Gasteiger partial charge in [0.05, 0.1) is 5.69 Å². The van der Waals surface area contributed by atoms with E-state index in [-0.39, 0.29) is 26.5 Å². The van der Waals surface area contributed by atoms with E-state index in [1.807, 2.05) is 90.8 Å². The summed E-state index contributed by atoms with van der Waals surface area (Å²) in [6, 6.07) is 57.7. The molecule has 0 saturated carbocycles. The molecule has 2 aliphatic rings. The van der Waals surface area contributed by atoms with Gasteiger partial charge in [0.25, 0.3) is 0 Å². The smallest absolute Gasteiger partial charge is 0.135 e. The number of pyridine rings is 1. The Bertz CT molecular complexity index is 2460. The third kappa shape index (κ3) is 6.72. The predicted octanol–water partition coefficient (Wildman–Crippen LogP) is 12.5. The molecule has 0 unspecified atom stereocenters. The van der Waals surface area contributed by atoms with E-state index in [1.54, 1.807) is 0 Å². The van der Waals surface area contributed by atoms with Crippen molar-refractivity contribution in [2.45, 2.75) is 26.2 Å². The van der Waals surface area contributed by atoms with Gasteiger partial charge in [-0.05, 0) is 70.4 Å². The number of hydrogen-bond acceptors (Lipinski definition) is 5. The van der Waals surface area contributed by atoms with Crippen LogP contribution in [-0.4, -0.2) is 4.98 Å². The first-order valence-electron chi connectivity index (χ1n) is 17.9. The fraction of sp³-hybridized carbons (Fsp3) is 0.0833. The van der Waals surface area contributed by atoms with Crippen molar-refractivity contribution in [3.8, 4) is 44.9 Å². The minimum atomic E-state index is 0. The average molecular weight is 881 g/mol. The van der Waals surface area contributed by atoms with Gasteiger partial charge >= 0.3 is 0 Å². The van der Waals surface area contributed by atoms with Crippen molar-refractivity contribution in [2.24, 2.45) is 0 Å². The van der Waals surface area contributed by atoms with Crippen LogP contribution < -0.4 is 19.4 Å². The van der Waals surface area contributed by atoms with E-state index in [2.05, 4.69) is 128 Å². The summed E-state index contributed by atoms with van der Waals surface area (Å²) in [5, 5.41) is 0. The molecule has 6 aromatic carbocycles. The molecular weight excluding hydrogens is 844 g/mol. The Morgan fingerprint density at radius 3 is 2.04 bits per heavy atom. The second kappa shape index (κ2) is 14.5. The van der Waals surface area contributed by atoms with Gasteiger partial charge in [0.2, 0.25) is 0 Å². The zero-order chi connectivity index (χ0) is 35.9. The molecule has 7 aromatic rings. The summed E-state index contributed by atoms with van der Waals surface area (Å²) in [5.41, 5.74) is 12.0. The van der Waals surface area contributed by atoms with Crippen LogP contribution in [0.3, 0.4) is 0 Å². The average Bonchev–Trinajstić information content (AvgIpc) is 3.66. The minimum Gasteiger partial charge on any atom is -0.509 e. The molecule has 268 valence electrons. The normalized spacial score (nSPS) is 13.1. The molecule has 6 heteroatoms. The molecule has 0 amide bonds. The van der Waals surface area contributed by atoms with Gasteiger partial charge in [0.15, 0.2) is 0 Å². The molecule has 0 saturated heterocycles. The number of fused-ring (bicyclic) bond motifs is 5. The number of benzene rings is 6. The second-order valence-electron chi connectivity index (χ2n) is 14.3. The van der Waals surface area contributed by atoms with Crippen LogP contribution in [0.4, 0.5) is 28.6 Å². The van der Waals surface area contributed by atoms with Gasteiger partial charge in [0.1, 0.15) is 5.82 Å². The van der Waals surface area contributed by atoms with Gasteiger partial charge in [-0.1, -0.05) is 117 Å². The summed E-state index contributed by atoms with van der Waals surface area (Å²) < 4.78 is 6.55. The van der Waals surface area contributed by atoms with Gasteiger partial charge < -0.3 is 19.4 Å². The summed E-state index contributed by atoms with van der Waals surface area (Å²) in [5.74, 6) is 1.97. The van der Waals surface area contributed by atoms with Crippen LogP contribution in [0.25, 0.3) is 33.4 Å². The SMILES string of the molecule is CC(C)(C)c1ccc(-c2ccc3c(c2)N(c2ccccn2)c2[c-]c(Oc4[c-]c(N5C=CN(c6ccccc6)[CH-]5)ccc4)ccc2-c2ccccc2-3)cc1.[Pt]. The minimum absolute atomic E-state index is 0. The van der Waals surface area contributed by atoms with Crippen molar-refractivity contribution in [1.82, 2.24) is 4.98 Å². The third-order valence-electron chi connectivity index (χ3n) is 9.77. The molecule has 9 rings (SSSR count). The third-order valence-corrected chi connectivity index (χ3v) is 9.77. The van der Waals surface area contributed by atoms with Crippen molar-refractivity contribution in [3.63, 3.8) is 0 Å². The number of aromatic nitrogens is 1. The van der Waals surface area contributed by atoms with Gasteiger partial charge in [-0.15, -0.1) is 48.3 Å². The fourth-order valence-corrected chi connectivity index (χ4v) is 7.02. The monoisotopic (exact) mass is 880 g/mol. The first-order chi connectivity index (χ1) is 25.9. The maximum Gasteiger partial charge on any atom is 0.135 e. The molecule has 0 N–H and O–H groups in total. The Balaban J connectivity index is 0.00000413. The quantitative estimate of drug-likeness (QED) is 0.155. The van der Waals surface area contributed by atoms with Crippen molar-refractivity contribution in [3.05, 3.63) is 189 Å². The molecule has 0 atom stereocenters. The Morgan fingerprint density at radius 1 is 0.593 bits per heavy atom. The van der Waals surface area contributed by atoms with Gasteiger partial charge in [-0.25, -0.2) is 4.98 Å². The van der Waals surface area contributed by atoms with Gasteiger partial charge in [-0.3, -0.25) is 0 Å². The number of hydrogen-bond donors (Lipinski definition) is 0. The second-order valence-corrected chi connectivity index (χ2v) is 14.3. The zero-order valence-electron chi connectivity index (χ0n) is 30.2. The maximum atomic E-state index is 6.55. The summed E-state index contributed by atoms with van der Waals surface area (Å²) in [4.78, 5) is 11.2. The van der Waals surface area contributed by atoms with Crippen LogP contribution in [0.5, 0.6) is 11.5 Å². The number of nitrogens with zero attached hydrogens (tertiary/aromatic N) is 4. The predicted molar refractivity (Wildman–Crippen MR) is 217 cm³/mol. The number of ether oxygens (including phenoxy) is 1. The van der Waals surface area contributed by atoms with Crippen LogP contribution in [0.1, 0.15) is 26.3 Å². The number of rotatable bonds is 6. The molecule has 1 aromatic heterocycles. The summed E-state index contributed by atoms with van der Waals surface area (Å²) >= 11 is 0. The fourth-order valence-electron chi connectivity index (χ4n) is 7.02. The molecule has 0 radical (unpaired) electrons. The van der Waals surface area contributed by atoms with Crippen molar-refractivity contribution in [1.29, 1.82) is 0 Å². The van der Waals surface area contributed by atoms with E-state index in [9.17, 15) is 0 Å². The number of para-hydroxylation sites is 1. The van der Waals surface area contributed by atoms with Crippen LogP contribution in [0.15, 0.2) is 164 Å². The van der Waals surface area contributed by atoms with E-state index >= 15 is 0 Å². The van der Waals surface area contributed by atoms with Crippen LogP contribution in [-0.2, 0) is 26.5 Å². The molecule has 0 aliphatic carbocycles. The van der Waals surface area contributed by atoms with E-state index in [1.165, 1.54) is 5.56 Å². The molecule has 3 heterocycles. The molecule has 0 spiro atoms. The zero-order valence-corrected chi connectivity index (χ0v) is 32.5. The molecule has 54 heavy (non-hydrogen) atoms. The molecule has 0 bridgehead atoms. The van der Waals surface area contributed by atoms with Crippen LogP contribution in [0.2, 0.25) is 0 Å². The van der Waals surface area contributed by atoms with Crippen molar-refractivity contribution >= 4 is 28.6 Å². The molecule has 5 nitrogen and oxygen atoms in total.